The van der Waals surface area contributed by atoms with E-state index in [0.29, 0.717) is 26.2 Å². The van der Waals surface area contributed by atoms with Gasteiger partial charge in [0, 0.05) is 26.2 Å². The number of ether oxygens (including phenoxy) is 2. The van der Waals surface area contributed by atoms with Crippen molar-refractivity contribution in [2.24, 2.45) is 0 Å². The first kappa shape index (κ1) is 16.7. The first-order valence-electron chi connectivity index (χ1n) is 6.69. The van der Waals surface area contributed by atoms with Gasteiger partial charge in [-0.15, -0.1) is 0 Å². The second-order valence-corrected chi connectivity index (χ2v) is 5.74. The highest BCUT2D eigenvalue weighted by atomic mass is 16.6. The Balaban J connectivity index is 2.77. The summed E-state index contributed by atoms with van der Waals surface area (Å²) in [5, 5.41) is 8.97. The minimum atomic E-state index is -0.699. The van der Waals surface area contributed by atoms with Crippen molar-refractivity contribution in [3.05, 3.63) is 0 Å². The molecule has 1 N–H and O–H groups in total. The largest absolute Gasteiger partial charge is 0.467 e. The van der Waals surface area contributed by atoms with E-state index in [-0.39, 0.29) is 6.61 Å². The number of nitrogens with zero attached hydrogens (tertiary/aromatic N) is 2. The molecule has 0 spiro atoms. The maximum atomic E-state index is 12.1. The summed E-state index contributed by atoms with van der Waals surface area (Å²) in [6.45, 7) is 7.12. The molecule has 1 rings (SSSR count). The van der Waals surface area contributed by atoms with E-state index in [2.05, 4.69) is 0 Å². The maximum absolute atomic E-state index is 12.1. The van der Waals surface area contributed by atoms with Crippen LogP contribution >= 0.6 is 0 Å². The fraction of sp³-hybridized carbons (Fsp3) is 0.846. The summed E-state index contributed by atoms with van der Waals surface area (Å²) in [4.78, 5) is 27.3. The summed E-state index contributed by atoms with van der Waals surface area (Å²) < 4.78 is 10.1. The maximum Gasteiger partial charge on any atom is 0.411 e. The van der Waals surface area contributed by atoms with Crippen molar-refractivity contribution in [2.45, 2.75) is 32.4 Å². The zero-order valence-corrected chi connectivity index (χ0v) is 12.6. The smallest absolute Gasteiger partial charge is 0.411 e. The van der Waals surface area contributed by atoms with Crippen molar-refractivity contribution in [3.63, 3.8) is 0 Å². The van der Waals surface area contributed by atoms with Gasteiger partial charge in [-0.1, -0.05) is 0 Å². The molecule has 1 fully saturated rings. The van der Waals surface area contributed by atoms with Crippen LogP contribution in [-0.2, 0) is 14.3 Å². The van der Waals surface area contributed by atoms with Gasteiger partial charge in [-0.2, -0.15) is 0 Å². The van der Waals surface area contributed by atoms with Crippen LogP contribution in [0.4, 0.5) is 4.79 Å². The molecule has 0 aliphatic carbocycles. The topological polar surface area (TPSA) is 79.3 Å². The SMILES string of the molecule is COC(=O)C1CN(CCO)CCN1C(=O)OC(C)(C)C. The minimum absolute atomic E-state index is 0.0142. The van der Waals surface area contributed by atoms with Gasteiger partial charge >= 0.3 is 12.1 Å². The zero-order valence-electron chi connectivity index (χ0n) is 12.6. The molecule has 116 valence electrons. The summed E-state index contributed by atoms with van der Waals surface area (Å²) >= 11 is 0. The van der Waals surface area contributed by atoms with E-state index >= 15 is 0 Å². The standard InChI is InChI=1S/C13H24N2O5/c1-13(2,3)20-12(18)15-6-5-14(7-8-16)9-10(15)11(17)19-4/h10,16H,5-9H2,1-4H3. The molecule has 1 amide bonds. The van der Waals surface area contributed by atoms with Crippen LogP contribution in [-0.4, -0.2) is 78.5 Å². The average molecular weight is 288 g/mol. The number of rotatable bonds is 3. The van der Waals surface area contributed by atoms with Gasteiger partial charge in [0.15, 0.2) is 0 Å². The Kier molecular flexibility index (Phi) is 5.76. The van der Waals surface area contributed by atoms with Crippen LogP contribution in [0.25, 0.3) is 0 Å². The van der Waals surface area contributed by atoms with E-state index in [4.69, 9.17) is 14.6 Å². The molecule has 0 saturated carbocycles. The lowest BCUT2D eigenvalue weighted by Gasteiger charge is -2.39. The predicted octanol–water partition coefficient (Wildman–Crippen LogP) is 0.0730. The molecule has 1 aliphatic rings. The van der Waals surface area contributed by atoms with Gasteiger partial charge in [-0.3, -0.25) is 9.80 Å². The number of carbonyl (C=O) groups excluding carboxylic acids is 2. The van der Waals surface area contributed by atoms with Gasteiger partial charge < -0.3 is 14.6 Å². The number of β-amino-alcohol motifs (C(OH)–C–C–N with tert-alkyl or cyclic N) is 1. The summed E-state index contributed by atoms with van der Waals surface area (Å²) in [6.07, 6.45) is -0.517. The van der Waals surface area contributed by atoms with Crippen LogP contribution in [0.15, 0.2) is 0 Å². The van der Waals surface area contributed by atoms with Gasteiger partial charge in [0.1, 0.15) is 11.6 Å². The lowest BCUT2D eigenvalue weighted by molar-refractivity contribution is -0.149. The van der Waals surface area contributed by atoms with Crippen molar-refractivity contribution in [3.8, 4) is 0 Å². The molecule has 0 bridgehead atoms. The fourth-order valence-electron chi connectivity index (χ4n) is 2.06. The van der Waals surface area contributed by atoms with Crippen LogP contribution < -0.4 is 0 Å². The number of carbonyl (C=O) groups is 2. The third-order valence-electron chi connectivity index (χ3n) is 2.98. The first-order valence-corrected chi connectivity index (χ1v) is 6.69. The average Bonchev–Trinajstić information content (AvgIpc) is 2.36. The molecule has 0 aromatic carbocycles. The van der Waals surface area contributed by atoms with Crippen molar-refractivity contribution < 1.29 is 24.2 Å². The zero-order chi connectivity index (χ0) is 15.3. The Morgan fingerprint density at radius 2 is 1.95 bits per heavy atom. The number of aliphatic hydroxyl groups is 1. The Morgan fingerprint density at radius 3 is 2.45 bits per heavy atom. The molecule has 0 aromatic heterocycles. The summed E-state index contributed by atoms with van der Waals surface area (Å²) in [7, 11) is 1.29. The summed E-state index contributed by atoms with van der Waals surface area (Å²) in [6, 6.07) is -0.699. The lowest BCUT2D eigenvalue weighted by Crippen LogP contribution is -2.59. The Morgan fingerprint density at radius 1 is 1.30 bits per heavy atom. The van der Waals surface area contributed by atoms with E-state index in [1.165, 1.54) is 12.0 Å². The molecule has 1 saturated heterocycles. The number of esters is 1. The highest BCUT2D eigenvalue weighted by Gasteiger charge is 2.37. The summed E-state index contributed by atoms with van der Waals surface area (Å²) in [5.74, 6) is -0.474. The van der Waals surface area contributed by atoms with Crippen molar-refractivity contribution >= 4 is 12.1 Å². The second-order valence-electron chi connectivity index (χ2n) is 5.74. The second kappa shape index (κ2) is 6.90. The number of amides is 1. The Bertz CT molecular complexity index is 353. The normalized spacial score (nSPS) is 20.6. The first-order chi connectivity index (χ1) is 9.28. The molecular formula is C13H24N2O5. The van der Waals surface area contributed by atoms with Crippen LogP contribution in [0, 0.1) is 0 Å². The predicted molar refractivity (Wildman–Crippen MR) is 72.3 cm³/mol. The quantitative estimate of drug-likeness (QED) is 0.741. The third-order valence-corrected chi connectivity index (χ3v) is 2.98. The molecule has 0 radical (unpaired) electrons. The van der Waals surface area contributed by atoms with E-state index < -0.39 is 23.7 Å². The monoisotopic (exact) mass is 288 g/mol. The van der Waals surface area contributed by atoms with Gasteiger partial charge in [-0.05, 0) is 20.8 Å². The molecule has 7 heteroatoms. The Labute approximate surface area is 119 Å². The van der Waals surface area contributed by atoms with Crippen LogP contribution in [0.5, 0.6) is 0 Å². The number of methoxy groups -OCH3 is 1. The van der Waals surface area contributed by atoms with E-state index in [0.717, 1.165) is 0 Å². The van der Waals surface area contributed by atoms with Crippen LogP contribution in [0.2, 0.25) is 0 Å². The molecule has 7 nitrogen and oxygen atoms in total. The van der Waals surface area contributed by atoms with E-state index in [1.807, 2.05) is 4.90 Å². The number of hydrogen-bond acceptors (Lipinski definition) is 6. The van der Waals surface area contributed by atoms with Gasteiger partial charge in [-0.25, -0.2) is 9.59 Å². The molecular weight excluding hydrogens is 264 g/mol. The van der Waals surface area contributed by atoms with E-state index in [1.54, 1.807) is 20.8 Å². The van der Waals surface area contributed by atoms with Crippen molar-refractivity contribution in [1.82, 2.24) is 9.80 Å². The van der Waals surface area contributed by atoms with Gasteiger partial charge in [0.05, 0.1) is 13.7 Å². The Hall–Kier alpha value is -1.34. The number of piperazine rings is 1. The lowest BCUT2D eigenvalue weighted by atomic mass is 10.1. The fourth-order valence-corrected chi connectivity index (χ4v) is 2.06. The minimum Gasteiger partial charge on any atom is -0.467 e. The molecule has 1 unspecified atom stereocenters. The van der Waals surface area contributed by atoms with E-state index in [9.17, 15) is 9.59 Å². The number of aliphatic hydroxyl groups excluding tert-OH is 1. The van der Waals surface area contributed by atoms with Crippen LogP contribution in [0.1, 0.15) is 20.8 Å². The summed E-state index contributed by atoms with van der Waals surface area (Å²) in [5.41, 5.74) is -0.611. The molecule has 20 heavy (non-hydrogen) atoms. The third kappa shape index (κ3) is 4.64. The number of hydrogen-bond donors (Lipinski definition) is 1. The molecule has 1 aliphatic heterocycles. The highest BCUT2D eigenvalue weighted by molar-refractivity contribution is 5.82. The van der Waals surface area contributed by atoms with Gasteiger partial charge in [0.25, 0.3) is 0 Å². The molecule has 1 atom stereocenters. The van der Waals surface area contributed by atoms with Crippen molar-refractivity contribution in [1.29, 1.82) is 0 Å². The molecule has 0 aromatic rings. The van der Waals surface area contributed by atoms with Gasteiger partial charge in [0.2, 0.25) is 0 Å². The highest BCUT2D eigenvalue weighted by Crippen LogP contribution is 2.16. The van der Waals surface area contributed by atoms with Crippen LogP contribution in [0.3, 0.4) is 0 Å². The van der Waals surface area contributed by atoms with Crippen molar-refractivity contribution in [2.75, 3.05) is 39.9 Å². The molecule has 1 heterocycles.